The van der Waals surface area contributed by atoms with E-state index < -0.39 is 20.2 Å². The summed E-state index contributed by atoms with van der Waals surface area (Å²) in [6.07, 6.45) is 4.81. The molecule has 2 amide bonds. The SMILES string of the molecule is Cc1ccc(S(=O)(=O)O)cc1.Cc1ccc(S(=O)(=O)O)cc1.O=C(N[C@@H]1C[C@H]2CCN(C2)C1)c1ccc(Cl)cc1.O=C(N[C@H]1C[C@@H]2CCN(C2)C1)c1ccc(Cl)cc1. The maximum absolute atomic E-state index is 12.1. The van der Waals surface area contributed by atoms with Gasteiger partial charge < -0.3 is 20.4 Å². The highest BCUT2D eigenvalue weighted by Gasteiger charge is 2.34. The van der Waals surface area contributed by atoms with Crippen LogP contribution in [0.15, 0.2) is 107 Å². The summed E-state index contributed by atoms with van der Waals surface area (Å²) in [7, 11) is -8.04. The van der Waals surface area contributed by atoms with Crippen molar-refractivity contribution in [2.24, 2.45) is 11.8 Å². The number of nitrogens with zero attached hydrogens (tertiary/aromatic N) is 2. The zero-order chi connectivity index (χ0) is 42.0. The van der Waals surface area contributed by atoms with Gasteiger partial charge in [0.25, 0.3) is 32.1 Å². The molecule has 0 radical (unpaired) electrons. The summed E-state index contributed by atoms with van der Waals surface area (Å²) in [6, 6.07) is 26.7. The Bertz CT molecular complexity index is 2030. The molecule has 4 N–H and O–H groups in total. The van der Waals surface area contributed by atoms with E-state index >= 15 is 0 Å². The van der Waals surface area contributed by atoms with E-state index in [1.165, 1.54) is 63.3 Å². The van der Waals surface area contributed by atoms with Crippen molar-refractivity contribution in [2.75, 3.05) is 39.3 Å². The number of halogens is 2. The number of benzene rings is 4. The Balaban J connectivity index is 0.000000152. The van der Waals surface area contributed by atoms with Crippen LogP contribution in [0.25, 0.3) is 0 Å². The molecule has 0 aliphatic carbocycles. The lowest BCUT2D eigenvalue weighted by atomic mass is 9.96. The van der Waals surface area contributed by atoms with Crippen LogP contribution in [0.2, 0.25) is 10.0 Å². The topological polar surface area (TPSA) is 173 Å². The summed E-state index contributed by atoms with van der Waals surface area (Å²) in [6.45, 7) is 10.5. The largest absolute Gasteiger partial charge is 0.348 e. The van der Waals surface area contributed by atoms with Crippen LogP contribution in [0.3, 0.4) is 0 Å². The van der Waals surface area contributed by atoms with E-state index in [0.717, 1.165) is 48.9 Å². The molecule has 0 saturated carbocycles. The number of fused-ring (bicyclic) bond motifs is 4. The van der Waals surface area contributed by atoms with Crippen LogP contribution >= 0.6 is 23.2 Å². The molecule has 16 heteroatoms. The summed E-state index contributed by atoms with van der Waals surface area (Å²) in [5.41, 5.74) is 3.29. The molecule has 0 aromatic heterocycles. The monoisotopic (exact) mass is 872 g/mol. The van der Waals surface area contributed by atoms with Crippen LogP contribution in [0.1, 0.15) is 57.5 Å². The average molecular weight is 874 g/mol. The first-order chi connectivity index (χ1) is 27.4. The molecule has 12 nitrogen and oxygen atoms in total. The van der Waals surface area contributed by atoms with Crippen molar-refractivity contribution in [3.8, 4) is 0 Å². The normalized spacial score (nSPS) is 23.1. The molecule has 4 bridgehead atoms. The van der Waals surface area contributed by atoms with Crippen molar-refractivity contribution in [2.45, 2.75) is 61.4 Å². The Kier molecular flexibility index (Phi) is 15.9. The van der Waals surface area contributed by atoms with Gasteiger partial charge in [-0.2, -0.15) is 16.8 Å². The zero-order valence-corrected chi connectivity index (χ0v) is 35.6. The predicted molar refractivity (Wildman–Crippen MR) is 226 cm³/mol. The minimum atomic E-state index is -4.02. The van der Waals surface area contributed by atoms with Gasteiger partial charge in [0, 0.05) is 59.4 Å². The third kappa shape index (κ3) is 14.2. The lowest BCUT2D eigenvalue weighted by Crippen LogP contribution is -2.47. The fourth-order valence-corrected chi connectivity index (χ4v) is 8.70. The molecule has 0 spiro atoms. The molecule has 312 valence electrons. The molecule has 58 heavy (non-hydrogen) atoms. The van der Waals surface area contributed by atoms with Gasteiger partial charge in [-0.1, -0.05) is 58.6 Å². The van der Waals surface area contributed by atoms with Crippen LogP contribution < -0.4 is 10.6 Å². The van der Waals surface area contributed by atoms with E-state index in [9.17, 15) is 26.4 Å². The lowest BCUT2D eigenvalue weighted by molar-refractivity contribution is 0.0901. The second-order valence-electron chi connectivity index (χ2n) is 15.2. The molecule has 4 aromatic rings. The number of hydrogen-bond acceptors (Lipinski definition) is 8. The predicted octanol–water partition coefficient (Wildman–Crippen LogP) is 6.81. The van der Waals surface area contributed by atoms with Crippen molar-refractivity contribution >= 4 is 55.3 Å². The van der Waals surface area contributed by atoms with Crippen LogP contribution in [0.4, 0.5) is 0 Å². The number of piperidine rings is 2. The average Bonchev–Trinajstić information content (AvgIpc) is 3.70. The highest BCUT2D eigenvalue weighted by atomic mass is 35.5. The van der Waals surface area contributed by atoms with Gasteiger partial charge in [0.1, 0.15) is 0 Å². The summed E-state index contributed by atoms with van der Waals surface area (Å²) < 4.78 is 59.1. The van der Waals surface area contributed by atoms with Gasteiger partial charge in [0.2, 0.25) is 0 Å². The molecule has 4 aliphatic rings. The number of carbonyl (C=O) groups excluding carboxylic acids is 2. The lowest BCUT2D eigenvalue weighted by Gasteiger charge is -2.30. The first-order valence-electron chi connectivity index (χ1n) is 19.1. The molecule has 2 unspecified atom stereocenters. The first-order valence-corrected chi connectivity index (χ1v) is 22.7. The van der Waals surface area contributed by atoms with E-state index in [-0.39, 0.29) is 21.6 Å². The van der Waals surface area contributed by atoms with E-state index in [4.69, 9.17) is 32.3 Å². The number of aryl methyl sites for hydroxylation is 2. The smallest absolute Gasteiger partial charge is 0.294 e. The van der Waals surface area contributed by atoms with Gasteiger partial charge in [-0.3, -0.25) is 18.7 Å². The summed E-state index contributed by atoms with van der Waals surface area (Å²) in [5, 5.41) is 7.58. The van der Waals surface area contributed by atoms with Gasteiger partial charge in [-0.15, -0.1) is 0 Å². The highest BCUT2D eigenvalue weighted by Crippen LogP contribution is 2.28. The Morgan fingerprint density at radius 3 is 1.17 bits per heavy atom. The molecule has 4 saturated heterocycles. The number of hydrogen-bond donors (Lipinski definition) is 4. The molecule has 8 rings (SSSR count). The van der Waals surface area contributed by atoms with Crippen molar-refractivity contribution in [1.82, 2.24) is 20.4 Å². The van der Waals surface area contributed by atoms with Gasteiger partial charge in [-0.05, 0) is 137 Å². The third-order valence-electron chi connectivity index (χ3n) is 10.5. The second kappa shape index (κ2) is 20.4. The summed E-state index contributed by atoms with van der Waals surface area (Å²) in [4.78, 5) is 28.9. The summed E-state index contributed by atoms with van der Waals surface area (Å²) in [5.74, 6) is 1.57. The highest BCUT2D eigenvalue weighted by molar-refractivity contribution is 7.86. The number of rotatable bonds is 6. The van der Waals surface area contributed by atoms with E-state index in [0.29, 0.717) is 33.3 Å². The molecule has 4 fully saturated rings. The van der Waals surface area contributed by atoms with Gasteiger partial charge in [-0.25, -0.2) is 0 Å². The van der Waals surface area contributed by atoms with Crippen LogP contribution in [-0.4, -0.2) is 98.9 Å². The Morgan fingerprint density at radius 1 is 0.552 bits per heavy atom. The zero-order valence-electron chi connectivity index (χ0n) is 32.4. The molecule has 4 aliphatic heterocycles. The summed E-state index contributed by atoms with van der Waals surface area (Å²) >= 11 is 11.6. The Labute approximate surface area is 351 Å². The minimum Gasteiger partial charge on any atom is -0.348 e. The van der Waals surface area contributed by atoms with Crippen molar-refractivity contribution in [3.05, 3.63) is 129 Å². The quantitative estimate of drug-likeness (QED) is 0.151. The number of nitrogens with one attached hydrogen (secondary N) is 2. The van der Waals surface area contributed by atoms with Crippen LogP contribution in [-0.2, 0) is 20.2 Å². The molecular formula is C42H50Cl2N4O8S2. The number of carbonyl (C=O) groups is 2. The van der Waals surface area contributed by atoms with Crippen molar-refractivity contribution < 1.29 is 35.5 Å². The van der Waals surface area contributed by atoms with Crippen LogP contribution in [0, 0.1) is 25.7 Å². The third-order valence-corrected chi connectivity index (χ3v) is 12.7. The van der Waals surface area contributed by atoms with Crippen molar-refractivity contribution in [3.63, 3.8) is 0 Å². The molecule has 4 aromatic carbocycles. The van der Waals surface area contributed by atoms with Gasteiger partial charge in [0.15, 0.2) is 0 Å². The van der Waals surface area contributed by atoms with E-state index in [1.54, 1.807) is 72.8 Å². The molecule has 4 heterocycles. The maximum atomic E-state index is 12.1. The standard InChI is InChI=1S/2C14H17ClN2O.2C7H8O3S/c2*15-12-3-1-11(2-4-12)14(18)16-13-7-10-5-6-17(8-10)9-13;2*1-6-2-4-7(5-3-6)11(8,9)10/h2*1-4,10,13H,5-9H2,(H,16,18);2*2-5H,1H3,(H,8,9,10)/t2*10-,13-;;/m10../s1. The molecular weight excluding hydrogens is 824 g/mol. The Morgan fingerprint density at radius 2 is 0.879 bits per heavy atom. The first kappa shape index (κ1) is 45.2. The minimum absolute atomic E-state index is 0.0131. The fraction of sp³-hybridized carbons (Fsp3) is 0.381. The van der Waals surface area contributed by atoms with E-state index in [1.807, 2.05) is 13.8 Å². The van der Waals surface area contributed by atoms with E-state index in [2.05, 4.69) is 20.4 Å². The Hall–Kier alpha value is -3.86. The second-order valence-corrected chi connectivity index (χ2v) is 18.9. The molecule has 6 atom stereocenters. The van der Waals surface area contributed by atoms with Gasteiger partial charge >= 0.3 is 0 Å². The number of amides is 2. The van der Waals surface area contributed by atoms with Gasteiger partial charge in [0.05, 0.1) is 9.79 Å². The fourth-order valence-electron chi connectivity index (χ4n) is 7.49. The van der Waals surface area contributed by atoms with Crippen LogP contribution in [0.5, 0.6) is 0 Å². The van der Waals surface area contributed by atoms with Crippen molar-refractivity contribution in [1.29, 1.82) is 0 Å². The maximum Gasteiger partial charge on any atom is 0.294 e.